The number of aromatic carboxylic acids is 1. The Labute approximate surface area is 82.8 Å². The Bertz CT molecular complexity index is 370. The molecule has 0 aliphatic carbocycles. The second-order valence-corrected chi connectivity index (χ2v) is 3.68. The Morgan fingerprint density at radius 1 is 1.50 bits per heavy atom. The lowest BCUT2D eigenvalue weighted by Crippen LogP contribution is -2.40. The molecular formula is C11H13NO2. The van der Waals surface area contributed by atoms with E-state index in [2.05, 4.69) is 5.32 Å². The van der Waals surface area contributed by atoms with Gasteiger partial charge in [0.1, 0.15) is 0 Å². The smallest absolute Gasteiger partial charge is 0.335 e. The first-order valence-corrected chi connectivity index (χ1v) is 4.73. The number of carboxylic acid groups (broad SMARTS) is 1. The predicted octanol–water partition coefficient (Wildman–Crippen LogP) is 1.38. The number of carbonyl (C=O) groups is 1. The van der Waals surface area contributed by atoms with Gasteiger partial charge in [0, 0.05) is 19.0 Å². The third-order valence-electron chi connectivity index (χ3n) is 2.83. The standard InChI is InChI=1S/C11H13NO2/c1-7-9(8-5-12-6-8)3-2-4-10(7)11(13)14/h2-4,8,12H,5-6H2,1H3,(H,13,14). The summed E-state index contributed by atoms with van der Waals surface area (Å²) in [6, 6.07) is 5.50. The molecule has 0 spiro atoms. The molecular weight excluding hydrogens is 178 g/mol. The van der Waals surface area contributed by atoms with Crippen LogP contribution in [0.5, 0.6) is 0 Å². The molecule has 2 rings (SSSR count). The maximum atomic E-state index is 10.9. The molecule has 1 aromatic rings. The largest absolute Gasteiger partial charge is 0.478 e. The lowest BCUT2D eigenvalue weighted by molar-refractivity contribution is 0.0696. The van der Waals surface area contributed by atoms with Crippen LogP contribution in [-0.4, -0.2) is 24.2 Å². The zero-order valence-corrected chi connectivity index (χ0v) is 8.08. The lowest BCUT2D eigenvalue weighted by atomic mass is 9.88. The van der Waals surface area contributed by atoms with Crippen molar-refractivity contribution >= 4 is 5.97 Å². The van der Waals surface area contributed by atoms with Gasteiger partial charge in [-0.25, -0.2) is 4.79 Å². The first kappa shape index (κ1) is 9.21. The van der Waals surface area contributed by atoms with Crippen molar-refractivity contribution in [3.05, 3.63) is 34.9 Å². The summed E-state index contributed by atoms with van der Waals surface area (Å²) < 4.78 is 0. The van der Waals surface area contributed by atoms with Crippen molar-refractivity contribution in [1.82, 2.24) is 5.32 Å². The summed E-state index contributed by atoms with van der Waals surface area (Å²) in [5.74, 6) is -0.342. The van der Waals surface area contributed by atoms with E-state index in [1.165, 1.54) is 5.56 Å². The van der Waals surface area contributed by atoms with E-state index in [1.54, 1.807) is 6.07 Å². The van der Waals surface area contributed by atoms with E-state index in [0.29, 0.717) is 11.5 Å². The highest BCUT2D eigenvalue weighted by molar-refractivity contribution is 5.89. The third-order valence-corrected chi connectivity index (χ3v) is 2.83. The molecule has 3 heteroatoms. The Morgan fingerprint density at radius 3 is 2.71 bits per heavy atom. The number of hydrogen-bond donors (Lipinski definition) is 2. The lowest BCUT2D eigenvalue weighted by Gasteiger charge is -2.29. The van der Waals surface area contributed by atoms with E-state index in [1.807, 2.05) is 19.1 Å². The van der Waals surface area contributed by atoms with E-state index in [0.717, 1.165) is 18.7 Å². The minimum atomic E-state index is -0.836. The molecule has 1 heterocycles. The van der Waals surface area contributed by atoms with Crippen molar-refractivity contribution in [3.8, 4) is 0 Å². The molecule has 0 amide bonds. The van der Waals surface area contributed by atoms with Crippen LogP contribution in [0.3, 0.4) is 0 Å². The van der Waals surface area contributed by atoms with Crippen LogP contribution < -0.4 is 5.32 Å². The highest BCUT2D eigenvalue weighted by Gasteiger charge is 2.22. The molecule has 74 valence electrons. The van der Waals surface area contributed by atoms with Gasteiger partial charge in [0.25, 0.3) is 0 Å². The molecule has 1 aliphatic rings. The summed E-state index contributed by atoms with van der Waals surface area (Å²) in [5.41, 5.74) is 2.50. The average Bonchev–Trinajstić information content (AvgIpc) is 2.04. The van der Waals surface area contributed by atoms with Crippen molar-refractivity contribution < 1.29 is 9.90 Å². The molecule has 1 saturated heterocycles. The highest BCUT2D eigenvalue weighted by Crippen LogP contribution is 2.25. The Hall–Kier alpha value is -1.35. The van der Waals surface area contributed by atoms with Crippen molar-refractivity contribution in [2.75, 3.05) is 13.1 Å². The van der Waals surface area contributed by atoms with Gasteiger partial charge in [-0.1, -0.05) is 12.1 Å². The Morgan fingerprint density at radius 2 is 2.21 bits per heavy atom. The number of benzene rings is 1. The first-order chi connectivity index (χ1) is 6.70. The molecule has 0 bridgehead atoms. The van der Waals surface area contributed by atoms with Gasteiger partial charge in [0.15, 0.2) is 0 Å². The van der Waals surface area contributed by atoms with Crippen molar-refractivity contribution in [2.24, 2.45) is 0 Å². The van der Waals surface area contributed by atoms with Crippen molar-refractivity contribution in [2.45, 2.75) is 12.8 Å². The summed E-state index contributed by atoms with van der Waals surface area (Å²) in [7, 11) is 0. The van der Waals surface area contributed by atoms with E-state index >= 15 is 0 Å². The number of rotatable bonds is 2. The maximum absolute atomic E-state index is 10.9. The molecule has 1 aliphatic heterocycles. The van der Waals surface area contributed by atoms with Gasteiger partial charge < -0.3 is 10.4 Å². The Balaban J connectivity index is 2.40. The summed E-state index contributed by atoms with van der Waals surface area (Å²) in [5, 5.41) is 12.1. The van der Waals surface area contributed by atoms with Crippen LogP contribution in [0.1, 0.15) is 27.4 Å². The molecule has 0 atom stereocenters. The molecule has 0 radical (unpaired) electrons. The zero-order valence-electron chi connectivity index (χ0n) is 8.08. The highest BCUT2D eigenvalue weighted by atomic mass is 16.4. The van der Waals surface area contributed by atoms with Crippen LogP contribution in [0.2, 0.25) is 0 Å². The SMILES string of the molecule is Cc1c(C(=O)O)cccc1C1CNC1. The minimum Gasteiger partial charge on any atom is -0.478 e. The van der Waals surface area contributed by atoms with Gasteiger partial charge in [-0.05, 0) is 24.1 Å². The molecule has 14 heavy (non-hydrogen) atoms. The van der Waals surface area contributed by atoms with Gasteiger partial charge in [-0.2, -0.15) is 0 Å². The van der Waals surface area contributed by atoms with Crippen LogP contribution in [-0.2, 0) is 0 Å². The minimum absolute atomic E-state index is 0.425. The molecule has 3 nitrogen and oxygen atoms in total. The fourth-order valence-electron chi connectivity index (χ4n) is 1.84. The van der Waals surface area contributed by atoms with Crippen molar-refractivity contribution in [1.29, 1.82) is 0 Å². The average molecular weight is 191 g/mol. The van der Waals surface area contributed by atoms with E-state index in [-0.39, 0.29) is 0 Å². The van der Waals surface area contributed by atoms with Gasteiger partial charge in [0.2, 0.25) is 0 Å². The predicted molar refractivity (Wildman–Crippen MR) is 53.7 cm³/mol. The molecule has 0 saturated carbocycles. The topological polar surface area (TPSA) is 49.3 Å². The fourth-order valence-corrected chi connectivity index (χ4v) is 1.84. The molecule has 1 fully saturated rings. The van der Waals surface area contributed by atoms with Gasteiger partial charge in [-0.15, -0.1) is 0 Å². The van der Waals surface area contributed by atoms with Gasteiger partial charge in [-0.3, -0.25) is 0 Å². The summed E-state index contributed by atoms with van der Waals surface area (Å²) >= 11 is 0. The maximum Gasteiger partial charge on any atom is 0.335 e. The third kappa shape index (κ3) is 1.40. The van der Waals surface area contributed by atoms with E-state index < -0.39 is 5.97 Å². The van der Waals surface area contributed by atoms with E-state index in [4.69, 9.17) is 5.11 Å². The summed E-state index contributed by atoms with van der Waals surface area (Å²) in [6.45, 7) is 3.81. The van der Waals surface area contributed by atoms with Crippen LogP contribution in [0, 0.1) is 6.92 Å². The summed E-state index contributed by atoms with van der Waals surface area (Å²) in [4.78, 5) is 10.9. The van der Waals surface area contributed by atoms with Crippen LogP contribution in [0.25, 0.3) is 0 Å². The first-order valence-electron chi connectivity index (χ1n) is 4.73. The van der Waals surface area contributed by atoms with Crippen LogP contribution >= 0.6 is 0 Å². The van der Waals surface area contributed by atoms with Gasteiger partial charge >= 0.3 is 5.97 Å². The number of nitrogens with one attached hydrogen (secondary N) is 1. The quantitative estimate of drug-likeness (QED) is 0.742. The van der Waals surface area contributed by atoms with Gasteiger partial charge in [0.05, 0.1) is 5.56 Å². The molecule has 2 N–H and O–H groups in total. The van der Waals surface area contributed by atoms with Crippen LogP contribution in [0.15, 0.2) is 18.2 Å². The monoisotopic (exact) mass is 191 g/mol. The second kappa shape index (κ2) is 3.42. The normalized spacial score (nSPS) is 16.4. The Kier molecular flexibility index (Phi) is 2.25. The van der Waals surface area contributed by atoms with Crippen LogP contribution in [0.4, 0.5) is 0 Å². The molecule has 0 unspecified atom stereocenters. The summed E-state index contributed by atoms with van der Waals surface area (Å²) in [6.07, 6.45) is 0. The zero-order chi connectivity index (χ0) is 10.1. The van der Waals surface area contributed by atoms with E-state index in [9.17, 15) is 4.79 Å². The van der Waals surface area contributed by atoms with Crippen molar-refractivity contribution in [3.63, 3.8) is 0 Å². The number of hydrogen-bond acceptors (Lipinski definition) is 2. The fraction of sp³-hybridized carbons (Fsp3) is 0.364. The molecule has 1 aromatic carbocycles. The number of carboxylic acids is 1. The molecule has 0 aromatic heterocycles. The second-order valence-electron chi connectivity index (χ2n) is 3.68.